The van der Waals surface area contributed by atoms with E-state index in [1.165, 1.54) is 20.4 Å². The Kier molecular flexibility index (Phi) is 7.34. The molecule has 5 aromatic heterocycles. The lowest BCUT2D eigenvalue weighted by Crippen LogP contribution is -2.60. The zero-order chi connectivity index (χ0) is 33.2. The van der Waals surface area contributed by atoms with Crippen molar-refractivity contribution in [2.24, 2.45) is 12.5 Å². The van der Waals surface area contributed by atoms with E-state index in [-0.39, 0.29) is 23.1 Å². The number of nitrogens with one attached hydrogen (secondary N) is 1. The number of anilines is 3. The molecule has 0 aromatic carbocycles. The third-order valence-electron chi connectivity index (χ3n) is 9.44. The van der Waals surface area contributed by atoms with Crippen LogP contribution in [0, 0.1) is 5.41 Å². The topological polar surface area (TPSA) is 133 Å². The van der Waals surface area contributed by atoms with Crippen LogP contribution < -0.4 is 21.3 Å². The molecule has 0 saturated carbocycles. The van der Waals surface area contributed by atoms with Gasteiger partial charge in [-0.25, -0.2) is 9.97 Å². The molecule has 1 saturated heterocycles. The van der Waals surface area contributed by atoms with E-state index in [0.717, 1.165) is 25.1 Å². The molecule has 0 radical (unpaired) electrons. The third-order valence-corrected chi connectivity index (χ3v) is 9.44. The Morgan fingerprint density at radius 1 is 0.979 bits per heavy atom. The smallest absolute Gasteiger partial charge is 0.280 e. The average molecular weight is 637 g/mol. The van der Waals surface area contributed by atoms with Gasteiger partial charge in [-0.1, -0.05) is 13.8 Å². The number of rotatable bonds is 6. The van der Waals surface area contributed by atoms with Crippen LogP contribution in [0.4, 0.5) is 17.2 Å². The van der Waals surface area contributed by atoms with Crippen molar-refractivity contribution in [3.8, 4) is 16.9 Å². The van der Waals surface area contributed by atoms with Crippen molar-refractivity contribution in [3.05, 3.63) is 98.8 Å². The van der Waals surface area contributed by atoms with Gasteiger partial charge >= 0.3 is 0 Å². The highest BCUT2D eigenvalue weighted by atomic mass is 16.3. The summed E-state index contributed by atoms with van der Waals surface area (Å²) in [4.78, 5) is 40.1. The molecule has 7 rings (SSSR count). The molecule has 47 heavy (non-hydrogen) atoms. The first-order chi connectivity index (χ1) is 22.3. The molecule has 5 aromatic rings. The van der Waals surface area contributed by atoms with Crippen molar-refractivity contribution in [3.63, 3.8) is 0 Å². The Morgan fingerprint density at radius 3 is 2.51 bits per heavy atom. The molecule has 244 valence electrons. The summed E-state index contributed by atoms with van der Waals surface area (Å²) in [6.45, 7) is 7.88. The van der Waals surface area contributed by atoms with Crippen molar-refractivity contribution < 1.29 is 10.2 Å². The van der Waals surface area contributed by atoms with E-state index in [9.17, 15) is 19.8 Å². The number of likely N-dealkylation sites (N-methyl/N-ethyl adjacent to an activating group) is 1. The maximum Gasteiger partial charge on any atom is 0.280 e. The second-order valence-corrected chi connectivity index (χ2v) is 13.9. The molecule has 2 aliphatic rings. The molecule has 12 nitrogen and oxygen atoms in total. The first-order valence-electron chi connectivity index (χ1n) is 15.8. The summed E-state index contributed by atoms with van der Waals surface area (Å²) >= 11 is 0. The molecule has 0 amide bonds. The van der Waals surface area contributed by atoms with Crippen molar-refractivity contribution in [1.82, 2.24) is 28.4 Å². The van der Waals surface area contributed by atoms with Gasteiger partial charge in [0.25, 0.3) is 11.1 Å². The minimum Gasteiger partial charge on any atom is -0.392 e. The lowest BCUT2D eigenvalue weighted by atomic mass is 9.90. The van der Waals surface area contributed by atoms with Crippen molar-refractivity contribution >= 4 is 22.7 Å². The maximum atomic E-state index is 13.8. The fourth-order valence-electron chi connectivity index (χ4n) is 7.24. The molecule has 6 heterocycles. The summed E-state index contributed by atoms with van der Waals surface area (Å²) in [5, 5.41) is 24.7. The molecule has 3 N–H and O–H groups in total. The molecule has 1 fully saturated rings. The summed E-state index contributed by atoms with van der Waals surface area (Å²) in [5.74, 6) is 0.802. The van der Waals surface area contributed by atoms with Gasteiger partial charge in [-0.3, -0.25) is 19.1 Å². The molecule has 0 unspecified atom stereocenters. The second-order valence-electron chi connectivity index (χ2n) is 13.9. The van der Waals surface area contributed by atoms with Gasteiger partial charge in [0.05, 0.1) is 18.5 Å². The van der Waals surface area contributed by atoms with Gasteiger partial charge in [0.1, 0.15) is 28.6 Å². The van der Waals surface area contributed by atoms with Crippen molar-refractivity contribution in [2.75, 3.05) is 36.9 Å². The molecular weight excluding hydrogens is 596 g/mol. The lowest BCUT2D eigenvalue weighted by Gasteiger charge is -2.45. The number of piperazine rings is 1. The Hall–Kier alpha value is -4.78. The molecule has 0 bridgehead atoms. The van der Waals surface area contributed by atoms with E-state index < -0.39 is 5.72 Å². The highest BCUT2D eigenvalue weighted by Crippen LogP contribution is 2.37. The number of β-amino-alcohol motifs (C(OH)–C–C–N with tert-alkyl or cyclic N) is 1. The number of aliphatic hydroxyl groups excluding tert-OH is 1. The van der Waals surface area contributed by atoms with Gasteiger partial charge in [-0.2, -0.15) is 0 Å². The van der Waals surface area contributed by atoms with E-state index in [1.54, 1.807) is 57.0 Å². The summed E-state index contributed by atoms with van der Waals surface area (Å²) < 4.78 is 4.93. The number of aliphatic hydroxyl groups is 2. The number of hydrogen-bond acceptors (Lipinski definition) is 9. The van der Waals surface area contributed by atoms with Crippen LogP contribution in [0.5, 0.6) is 0 Å². The fourth-order valence-corrected chi connectivity index (χ4v) is 7.24. The Balaban J connectivity index is 1.22. The first kappa shape index (κ1) is 30.9. The van der Waals surface area contributed by atoms with Gasteiger partial charge in [0, 0.05) is 68.3 Å². The van der Waals surface area contributed by atoms with Crippen LogP contribution >= 0.6 is 0 Å². The average Bonchev–Trinajstić information content (AvgIpc) is 3.51. The first-order valence-corrected chi connectivity index (χ1v) is 15.8. The number of hydrogen-bond donors (Lipinski definition) is 3. The number of aryl methyl sites for hydroxylation is 1. The van der Waals surface area contributed by atoms with Crippen LogP contribution in [0.15, 0.2) is 70.9 Å². The van der Waals surface area contributed by atoms with Gasteiger partial charge < -0.3 is 29.4 Å². The Bertz CT molecular complexity index is 2130. The summed E-state index contributed by atoms with van der Waals surface area (Å²) in [5.41, 5.74) is 4.44. The highest BCUT2D eigenvalue weighted by Gasteiger charge is 2.35. The lowest BCUT2D eigenvalue weighted by molar-refractivity contribution is 0.00313. The minimum atomic E-state index is -1.03. The van der Waals surface area contributed by atoms with Crippen molar-refractivity contribution in [2.45, 2.75) is 45.9 Å². The molecule has 1 atom stereocenters. The standard InChI is InChI=1S/C35H40N8O4/c1-34(2)16-22-15-28-33(46)42(12-11-41(28)29(22)17-34)31-26(20-44)25(8-9-36-31)23-14-27(32(45)40(5)19-23)38-30-7-6-24(18-37-30)43-13-10-39(4)21-35(43,3)47/h6-9,11-12,14-15,18-19,44,47H,10,13,16-17,20-21H2,1-5H3,(H,37,38)/t35-/m0/s1. The normalized spacial score (nSPS) is 19.3. The van der Waals surface area contributed by atoms with Gasteiger partial charge in [-0.15, -0.1) is 0 Å². The van der Waals surface area contributed by atoms with Crippen LogP contribution in [0.3, 0.4) is 0 Å². The number of nitrogens with zero attached hydrogens (tertiary/aromatic N) is 7. The van der Waals surface area contributed by atoms with Crippen molar-refractivity contribution in [1.29, 1.82) is 0 Å². The number of aromatic nitrogens is 5. The SMILES string of the molecule is CN1CCN(c2ccc(Nc3cc(-c4ccnc(-n5ccn6c7c(cc6c5=O)CC(C)(C)C7)c4CO)cn(C)c3=O)nc2)[C@@](C)(O)C1. The van der Waals surface area contributed by atoms with E-state index in [0.29, 0.717) is 52.6 Å². The van der Waals surface area contributed by atoms with Crippen LogP contribution in [0.1, 0.15) is 37.6 Å². The van der Waals surface area contributed by atoms with Crippen LogP contribution in [0.2, 0.25) is 0 Å². The predicted molar refractivity (Wildman–Crippen MR) is 182 cm³/mol. The van der Waals surface area contributed by atoms with Crippen LogP contribution in [-0.4, -0.2) is 71.0 Å². The summed E-state index contributed by atoms with van der Waals surface area (Å²) in [6.07, 6.45) is 10.4. The Labute approximate surface area is 272 Å². The largest absolute Gasteiger partial charge is 0.392 e. The highest BCUT2D eigenvalue weighted by molar-refractivity contribution is 5.73. The zero-order valence-electron chi connectivity index (χ0n) is 27.4. The van der Waals surface area contributed by atoms with E-state index in [2.05, 4.69) is 34.0 Å². The van der Waals surface area contributed by atoms with E-state index >= 15 is 0 Å². The third kappa shape index (κ3) is 5.41. The van der Waals surface area contributed by atoms with Crippen LogP contribution in [-0.2, 0) is 26.5 Å². The summed E-state index contributed by atoms with van der Waals surface area (Å²) in [6, 6.07) is 9.11. The fraction of sp³-hybridized carbons (Fsp3) is 0.371. The molecule has 12 heteroatoms. The zero-order valence-corrected chi connectivity index (χ0v) is 27.4. The van der Waals surface area contributed by atoms with Gasteiger partial charge in [0.2, 0.25) is 0 Å². The number of pyridine rings is 3. The Morgan fingerprint density at radius 2 is 1.79 bits per heavy atom. The maximum absolute atomic E-state index is 13.8. The minimum absolute atomic E-state index is 0.163. The quantitative estimate of drug-likeness (QED) is 0.257. The molecular formula is C35H40N8O4. The second kappa shape index (κ2) is 11.2. The van der Waals surface area contributed by atoms with Crippen LogP contribution in [0.25, 0.3) is 22.5 Å². The molecule has 1 aliphatic carbocycles. The number of fused-ring (bicyclic) bond motifs is 3. The van der Waals surface area contributed by atoms with Gasteiger partial charge in [-0.05, 0) is 73.7 Å². The van der Waals surface area contributed by atoms with Gasteiger partial charge in [0.15, 0.2) is 0 Å². The van der Waals surface area contributed by atoms with E-state index in [1.807, 2.05) is 34.7 Å². The predicted octanol–water partition coefficient (Wildman–Crippen LogP) is 3.07. The summed E-state index contributed by atoms with van der Waals surface area (Å²) in [7, 11) is 3.64. The molecule has 0 spiro atoms. The monoisotopic (exact) mass is 636 g/mol. The molecule has 1 aliphatic heterocycles. The van der Waals surface area contributed by atoms with E-state index in [4.69, 9.17) is 0 Å².